The van der Waals surface area contributed by atoms with Crippen LogP contribution in [-0.4, -0.2) is 31.0 Å². The molecule has 0 aliphatic heterocycles. The molecular weight excluding hydrogens is 157 g/mol. The lowest BCUT2D eigenvalue weighted by atomic mass is 9.98. The number of methoxy groups -OCH3 is 1. The average Bonchev–Trinajstić information content (AvgIpc) is 2.03. The number of pyridine rings is 1. The van der Waals surface area contributed by atoms with Crippen molar-refractivity contribution in [1.29, 1.82) is 0 Å². The molecule has 0 aliphatic carbocycles. The number of carbonyl (C=O) groups is 1. The first-order valence-corrected chi connectivity index (χ1v) is 3.18. The van der Waals surface area contributed by atoms with E-state index in [0.717, 1.165) is 0 Å². The molecule has 0 saturated heterocycles. The largest absolute Gasteiger partial charge is 0.494 e. The van der Waals surface area contributed by atoms with Crippen LogP contribution in [0.15, 0.2) is 12.3 Å². The Balaban J connectivity index is 3.20. The number of aromatic nitrogens is 1. The summed E-state index contributed by atoms with van der Waals surface area (Å²) in [5.41, 5.74) is 0.239. The lowest BCUT2D eigenvalue weighted by molar-refractivity contribution is 0.0686. The van der Waals surface area contributed by atoms with Gasteiger partial charge in [-0.3, -0.25) is 0 Å². The number of carboxylic acids is 1. The minimum Gasteiger partial charge on any atom is -0.494 e. The number of carboxylic acid groups (broad SMARTS) is 1. The fourth-order valence-corrected chi connectivity index (χ4v) is 0.776. The molecule has 4 nitrogen and oxygen atoms in total. The van der Waals surface area contributed by atoms with E-state index in [4.69, 9.17) is 17.7 Å². The van der Waals surface area contributed by atoms with E-state index in [9.17, 15) is 4.79 Å². The van der Waals surface area contributed by atoms with Gasteiger partial charge in [0.2, 0.25) is 0 Å². The van der Waals surface area contributed by atoms with E-state index in [2.05, 4.69) is 4.98 Å². The summed E-state index contributed by atoms with van der Waals surface area (Å²) in [5, 5.41) is 8.60. The third kappa shape index (κ3) is 1.55. The summed E-state index contributed by atoms with van der Waals surface area (Å²) in [6, 6.07) is 1.41. The molecule has 0 saturated carbocycles. The standard InChI is InChI=1S/C7H6BNO3/c1-12-5-2-4(8)3-9-6(5)7(10)11/h2-3H,1H3,(H,10,11). The van der Waals surface area contributed by atoms with Crippen LogP contribution in [0.25, 0.3) is 0 Å². The first-order valence-electron chi connectivity index (χ1n) is 3.18. The first kappa shape index (κ1) is 8.58. The van der Waals surface area contributed by atoms with Crippen molar-refractivity contribution >= 4 is 19.3 Å². The molecule has 1 aromatic heterocycles. The Hall–Kier alpha value is -1.52. The van der Waals surface area contributed by atoms with E-state index in [1.54, 1.807) is 0 Å². The molecule has 1 rings (SSSR count). The molecule has 0 atom stereocenters. The zero-order chi connectivity index (χ0) is 9.14. The molecule has 0 amide bonds. The second-order valence-corrected chi connectivity index (χ2v) is 2.12. The van der Waals surface area contributed by atoms with Gasteiger partial charge in [0.05, 0.1) is 7.11 Å². The van der Waals surface area contributed by atoms with E-state index in [1.165, 1.54) is 19.4 Å². The Morgan fingerprint density at radius 3 is 2.92 bits per heavy atom. The quantitative estimate of drug-likeness (QED) is 0.601. The molecular formula is C7H6BNO3. The normalized spacial score (nSPS) is 9.42. The van der Waals surface area contributed by atoms with Crippen LogP contribution in [0.3, 0.4) is 0 Å². The van der Waals surface area contributed by atoms with Gasteiger partial charge in [0.15, 0.2) is 11.4 Å². The molecule has 60 valence electrons. The van der Waals surface area contributed by atoms with Crippen LogP contribution in [-0.2, 0) is 0 Å². The highest BCUT2D eigenvalue weighted by Gasteiger charge is 2.11. The molecule has 0 fully saturated rings. The van der Waals surface area contributed by atoms with Gasteiger partial charge in [0, 0.05) is 6.20 Å². The van der Waals surface area contributed by atoms with Crippen molar-refractivity contribution in [3.05, 3.63) is 18.0 Å². The number of nitrogens with zero attached hydrogens (tertiary/aromatic N) is 1. The smallest absolute Gasteiger partial charge is 0.358 e. The molecule has 5 heteroatoms. The lowest BCUT2D eigenvalue weighted by Gasteiger charge is -2.03. The third-order valence-corrected chi connectivity index (χ3v) is 1.30. The molecule has 0 unspecified atom stereocenters. The Morgan fingerprint density at radius 1 is 1.75 bits per heavy atom. The molecule has 0 spiro atoms. The fraction of sp³-hybridized carbons (Fsp3) is 0.143. The minimum atomic E-state index is -1.13. The number of aromatic carboxylic acids is 1. The van der Waals surface area contributed by atoms with Crippen molar-refractivity contribution in [2.75, 3.05) is 7.11 Å². The van der Waals surface area contributed by atoms with Gasteiger partial charge in [0.1, 0.15) is 7.85 Å². The van der Waals surface area contributed by atoms with Crippen LogP contribution in [0, 0.1) is 0 Å². The van der Waals surface area contributed by atoms with Crippen LogP contribution in [0.4, 0.5) is 0 Å². The predicted molar refractivity (Wildman–Crippen MR) is 43.1 cm³/mol. The third-order valence-electron chi connectivity index (χ3n) is 1.30. The maximum Gasteiger partial charge on any atom is 0.358 e. The van der Waals surface area contributed by atoms with E-state index < -0.39 is 5.97 Å². The minimum absolute atomic E-state index is 0.133. The highest BCUT2D eigenvalue weighted by Crippen LogP contribution is 2.12. The van der Waals surface area contributed by atoms with Gasteiger partial charge in [-0.05, 0) is 6.07 Å². The van der Waals surface area contributed by atoms with Crippen molar-refractivity contribution in [3.8, 4) is 5.75 Å². The van der Waals surface area contributed by atoms with Crippen molar-refractivity contribution in [2.24, 2.45) is 0 Å². The molecule has 1 aromatic rings. The average molecular weight is 163 g/mol. The molecule has 0 bridgehead atoms. The second-order valence-electron chi connectivity index (χ2n) is 2.12. The van der Waals surface area contributed by atoms with Crippen LogP contribution in [0.1, 0.15) is 10.5 Å². The van der Waals surface area contributed by atoms with Crippen LogP contribution >= 0.6 is 0 Å². The summed E-state index contributed by atoms with van der Waals surface area (Å²) < 4.78 is 4.76. The number of hydrogen-bond acceptors (Lipinski definition) is 3. The topological polar surface area (TPSA) is 59.4 Å². The molecule has 2 radical (unpaired) electrons. The van der Waals surface area contributed by atoms with Crippen LogP contribution in [0.2, 0.25) is 0 Å². The molecule has 12 heavy (non-hydrogen) atoms. The summed E-state index contributed by atoms with van der Waals surface area (Å²) in [5.74, 6) is -0.964. The Bertz CT molecular complexity index is 314. The maximum atomic E-state index is 10.5. The molecule has 0 aromatic carbocycles. The van der Waals surface area contributed by atoms with Gasteiger partial charge in [-0.2, -0.15) is 0 Å². The van der Waals surface area contributed by atoms with Gasteiger partial charge in [-0.1, -0.05) is 5.46 Å². The maximum absolute atomic E-state index is 10.5. The summed E-state index contributed by atoms with van der Waals surface area (Å²) in [4.78, 5) is 14.1. The Labute approximate surface area is 70.6 Å². The lowest BCUT2D eigenvalue weighted by Crippen LogP contribution is -2.10. The van der Waals surface area contributed by atoms with Crippen molar-refractivity contribution < 1.29 is 14.6 Å². The predicted octanol–water partition coefficient (Wildman–Crippen LogP) is -0.418. The van der Waals surface area contributed by atoms with Gasteiger partial charge >= 0.3 is 5.97 Å². The fourth-order valence-electron chi connectivity index (χ4n) is 0.776. The van der Waals surface area contributed by atoms with Crippen LogP contribution < -0.4 is 10.2 Å². The zero-order valence-corrected chi connectivity index (χ0v) is 6.44. The SMILES string of the molecule is [B]c1cnc(C(=O)O)c(OC)c1. The molecule has 1 N–H and O–H groups in total. The number of rotatable bonds is 2. The highest BCUT2D eigenvalue weighted by molar-refractivity contribution is 6.32. The summed E-state index contributed by atoms with van der Waals surface area (Å²) in [6.45, 7) is 0. The second kappa shape index (κ2) is 3.25. The summed E-state index contributed by atoms with van der Waals surface area (Å²) in [6.07, 6.45) is 1.27. The van der Waals surface area contributed by atoms with Crippen molar-refractivity contribution in [3.63, 3.8) is 0 Å². The van der Waals surface area contributed by atoms with Crippen molar-refractivity contribution in [1.82, 2.24) is 4.98 Å². The summed E-state index contributed by atoms with van der Waals surface area (Å²) >= 11 is 0. The Morgan fingerprint density at radius 2 is 2.42 bits per heavy atom. The van der Waals surface area contributed by atoms with Gasteiger partial charge in [-0.25, -0.2) is 9.78 Å². The van der Waals surface area contributed by atoms with Gasteiger partial charge < -0.3 is 9.84 Å². The number of ether oxygens (including phenoxy) is 1. The molecule has 1 heterocycles. The highest BCUT2D eigenvalue weighted by atomic mass is 16.5. The van der Waals surface area contributed by atoms with Gasteiger partial charge in [-0.15, -0.1) is 0 Å². The van der Waals surface area contributed by atoms with Gasteiger partial charge in [0.25, 0.3) is 0 Å². The van der Waals surface area contributed by atoms with Crippen LogP contribution in [0.5, 0.6) is 5.75 Å². The van der Waals surface area contributed by atoms with E-state index >= 15 is 0 Å². The summed E-state index contributed by atoms with van der Waals surface area (Å²) in [7, 11) is 6.73. The monoisotopic (exact) mass is 163 g/mol. The Kier molecular flexibility index (Phi) is 2.33. The zero-order valence-electron chi connectivity index (χ0n) is 6.44. The van der Waals surface area contributed by atoms with E-state index in [1.807, 2.05) is 0 Å². The molecule has 0 aliphatic rings. The van der Waals surface area contributed by atoms with E-state index in [0.29, 0.717) is 5.46 Å². The first-order chi connectivity index (χ1) is 5.65. The van der Waals surface area contributed by atoms with Crippen molar-refractivity contribution in [2.45, 2.75) is 0 Å². The van der Waals surface area contributed by atoms with E-state index in [-0.39, 0.29) is 11.4 Å². The number of hydrogen-bond donors (Lipinski definition) is 1.